The van der Waals surface area contributed by atoms with Crippen molar-refractivity contribution in [1.29, 1.82) is 0 Å². The van der Waals surface area contributed by atoms with Crippen LogP contribution in [0.15, 0.2) is 35.1 Å². The molecule has 0 spiro atoms. The van der Waals surface area contributed by atoms with E-state index in [1.54, 1.807) is 9.36 Å². The van der Waals surface area contributed by atoms with Crippen molar-refractivity contribution in [3.8, 4) is 5.69 Å². The molecule has 164 valence electrons. The molecule has 4 fully saturated rings. The van der Waals surface area contributed by atoms with Gasteiger partial charge in [-0.15, -0.1) is 0 Å². The van der Waals surface area contributed by atoms with Gasteiger partial charge >= 0.3 is 0 Å². The third kappa shape index (κ3) is 3.73. The number of hydrogen-bond acceptors (Lipinski definition) is 3. The fraction of sp³-hybridized carbons (Fsp3) is 0.542. The quantitative estimate of drug-likeness (QED) is 0.711. The largest absolute Gasteiger partial charge is 0.326 e. The maximum absolute atomic E-state index is 13.0. The van der Waals surface area contributed by atoms with Crippen LogP contribution in [0.2, 0.25) is 0 Å². The average Bonchev–Trinajstić information content (AvgIpc) is 2.90. The van der Waals surface area contributed by atoms with Gasteiger partial charge in [0, 0.05) is 13.5 Å². The lowest BCUT2D eigenvalue weighted by molar-refractivity contribution is -0.127. The lowest BCUT2D eigenvalue weighted by Crippen LogP contribution is -2.48. The summed E-state index contributed by atoms with van der Waals surface area (Å²) in [5.74, 6) is 2.41. The van der Waals surface area contributed by atoms with E-state index >= 15 is 0 Å². The smallest absolute Gasteiger partial charge is 0.295 e. The predicted octanol–water partition coefficient (Wildman–Crippen LogP) is 3.90. The van der Waals surface area contributed by atoms with Crippen LogP contribution in [0.1, 0.15) is 50.6 Å². The molecule has 4 aliphatic rings. The highest BCUT2D eigenvalue weighted by molar-refractivity contribution is 7.80. The van der Waals surface area contributed by atoms with Crippen LogP contribution in [-0.2, 0) is 11.8 Å². The Morgan fingerprint density at radius 3 is 2.26 bits per heavy atom. The minimum absolute atomic E-state index is 0.0311. The standard InChI is InChI=1S/C24H30N4O2S/c1-15-21(22(30)28(27(15)2)19-6-4-3-5-7-19)26-23(31)25-20(29)14-24-11-16-8-17(12-24)10-18(9-16)13-24/h3-7,16-18H,8-14H2,1-2H3,(H2,25,26,29,31). The molecule has 0 saturated heterocycles. The summed E-state index contributed by atoms with van der Waals surface area (Å²) in [5.41, 5.74) is 1.90. The van der Waals surface area contributed by atoms with Crippen LogP contribution < -0.4 is 16.2 Å². The van der Waals surface area contributed by atoms with Gasteiger partial charge in [-0.1, -0.05) is 18.2 Å². The zero-order chi connectivity index (χ0) is 21.8. The summed E-state index contributed by atoms with van der Waals surface area (Å²) < 4.78 is 3.39. The van der Waals surface area contributed by atoms with Gasteiger partial charge in [0.1, 0.15) is 5.69 Å². The topological polar surface area (TPSA) is 68.1 Å². The summed E-state index contributed by atoms with van der Waals surface area (Å²) in [7, 11) is 1.84. The van der Waals surface area contributed by atoms with Gasteiger partial charge in [0.25, 0.3) is 5.56 Å². The molecule has 0 atom stereocenters. The number of hydrogen-bond donors (Lipinski definition) is 2. The maximum Gasteiger partial charge on any atom is 0.295 e. The van der Waals surface area contributed by atoms with Gasteiger partial charge < -0.3 is 10.6 Å². The fourth-order valence-corrected chi connectivity index (χ4v) is 7.09. The van der Waals surface area contributed by atoms with Crippen LogP contribution >= 0.6 is 12.2 Å². The Hall–Kier alpha value is -2.41. The van der Waals surface area contributed by atoms with Crippen LogP contribution in [0.5, 0.6) is 0 Å². The van der Waals surface area contributed by atoms with Gasteiger partial charge in [-0.2, -0.15) is 0 Å². The van der Waals surface area contributed by atoms with E-state index < -0.39 is 0 Å². The summed E-state index contributed by atoms with van der Waals surface area (Å²) in [4.78, 5) is 25.9. The van der Waals surface area contributed by atoms with E-state index in [0.717, 1.165) is 29.1 Å². The van der Waals surface area contributed by atoms with Crippen molar-refractivity contribution in [3.63, 3.8) is 0 Å². The summed E-state index contributed by atoms with van der Waals surface area (Å²) >= 11 is 5.41. The van der Waals surface area contributed by atoms with Gasteiger partial charge in [0.05, 0.1) is 11.4 Å². The highest BCUT2D eigenvalue weighted by Crippen LogP contribution is 2.61. The number of para-hydroxylation sites is 1. The zero-order valence-corrected chi connectivity index (χ0v) is 19.0. The van der Waals surface area contributed by atoms with Crippen LogP contribution in [0.3, 0.4) is 0 Å². The normalized spacial score (nSPS) is 28.5. The van der Waals surface area contributed by atoms with Gasteiger partial charge in [-0.05, 0) is 93.0 Å². The number of carbonyl (C=O) groups excluding carboxylic acids is 1. The molecule has 1 aromatic heterocycles. The Morgan fingerprint density at radius 2 is 1.68 bits per heavy atom. The predicted molar refractivity (Wildman–Crippen MR) is 125 cm³/mol. The second-order valence-electron chi connectivity index (χ2n) is 10.0. The van der Waals surface area contributed by atoms with Crippen LogP contribution in [0.25, 0.3) is 5.69 Å². The average molecular weight is 439 g/mol. The minimum Gasteiger partial charge on any atom is -0.326 e. The Balaban J connectivity index is 1.27. The molecule has 4 bridgehead atoms. The highest BCUT2D eigenvalue weighted by Gasteiger charge is 2.51. The third-order valence-corrected chi connectivity index (χ3v) is 7.95. The van der Waals surface area contributed by atoms with Crippen molar-refractivity contribution in [1.82, 2.24) is 14.7 Å². The van der Waals surface area contributed by atoms with E-state index in [9.17, 15) is 9.59 Å². The SMILES string of the molecule is Cc1c(NC(=S)NC(=O)CC23CC4CC(CC(C4)C2)C3)c(=O)n(-c2ccccc2)n1C. The molecule has 1 aromatic carbocycles. The molecule has 6 nitrogen and oxygen atoms in total. The second-order valence-corrected chi connectivity index (χ2v) is 10.4. The monoisotopic (exact) mass is 438 g/mol. The molecule has 2 aromatic rings. The van der Waals surface area contributed by atoms with Crippen LogP contribution in [0, 0.1) is 30.1 Å². The minimum atomic E-state index is -0.191. The molecule has 1 heterocycles. The number of nitrogens with zero attached hydrogens (tertiary/aromatic N) is 2. The molecule has 0 unspecified atom stereocenters. The van der Waals surface area contributed by atoms with Crippen molar-refractivity contribution in [2.45, 2.75) is 51.9 Å². The molecule has 0 aliphatic heterocycles. The molecule has 2 N–H and O–H groups in total. The molecule has 4 aliphatic carbocycles. The van der Waals surface area contributed by atoms with Gasteiger partial charge in [0.2, 0.25) is 5.91 Å². The van der Waals surface area contributed by atoms with E-state index in [1.807, 2.05) is 44.3 Å². The summed E-state index contributed by atoms with van der Waals surface area (Å²) in [6, 6.07) is 9.48. The highest BCUT2D eigenvalue weighted by atomic mass is 32.1. The van der Waals surface area contributed by atoms with E-state index in [2.05, 4.69) is 10.6 Å². The zero-order valence-electron chi connectivity index (χ0n) is 18.2. The van der Waals surface area contributed by atoms with Gasteiger partial charge in [-0.25, -0.2) is 4.68 Å². The number of nitrogens with one attached hydrogen (secondary N) is 2. The summed E-state index contributed by atoms with van der Waals surface area (Å²) in [5, 5.41) is 6.04. The van der Waals surface area contributed by atoms with Crippen molar-refractivity contribution in [2.75, 3.05) is 5.32 Å². The first-order valence-corrected chi connectivity index (χ1v) is 11.7. The number of thiocarbonyl (C=S) groups is 1. The van der Waals surface area contributed by atoms with Crippen LogP contribution in [-0.4, -0.2) is 20.4 Å². The number of anilines is 1. The summed E-state index contributed by atoms with van der Waals surface area (Å²) in [6.07, 6.45) is 8.19. The molecule has 7 heteroatoms. The molecule has 0 radical (unpaired) electrons. The number of carbonyl (C=O) groups is 1. The lowest BCUT2D eigenvalue weighted by Gasteiger charge is -2.56. The van der Waals surface area contributed by atoms with Gasteiger partial charge in [-0.3, -0.25) is 14.3 Å². The van der Waals surface area contributed by atoms with E-state index in [0.29, 0.717) is 12.1 Å². The fourth-order valence-electron chi connectivity index (χ4n) is 6.87. The van der Waals surface area contributed by atoms with Crippen molar-refractivity contribution in [3.05, 3.63) is 46.4 Å². The summed E-state index contributed by atoms with van der Waals surface area (Å²) in [6.45, 7) is 1.86. The van der Waals surface area contributed by atoms with E-state index in [-0.39, 0.29) is 22.0 Å². The Labute approximate surface area is 188 Å². The van der Waals surface area contributed by atoms with Crippen molar-refractivity contribution < 1.29 is 4.79 Å². The molecule has 6 rings (SSSR count). The number of aromatic nitrogens is 2. The van der Waals surface area contributed by atoms with Gasteiger partial charge in [0.15, 0.2) is 5.11 Å². The lowest BCUT2D eigenvalue weighted by atomic mass is 9.49. The Kier molecular flexibility index (Phi) is 5.04. The van der Waals surface area contributed by atoms with Crippen molar-refractivity contribution >= 4 is 28.9 Å². The molecule has 4 saturated carbocycles. The van der Waals surface area contributed by atoms with E-state index in [1.165, 1.54) is 38.5 Å². The first-order chi connectivity index (χ1) is 14.8. The van der Waals surface area contributed by atoms with E-state index in [4.69, 9.17) is 12.2 Å². The Bertz CT molecular complexity index is 1050. The molecular formula is C24H30N4O2S. The molecule has 31 heavy (non-hydrogen) atoms. The Morgan fingerprint density at radius 1 is 1.10 bits per heavy atom. The third-order valence-electron chi connectivity index (χ3n) is 7.75. The second kappa shape index (κ2) is 7.62. The molecular weight excluding hydrogens is 408 g/mol. The molecule has 1 amide bonds. The number of rotatable bonds is 4. The number of benzene rings is 1. The first kappa shape index (κ1) is 20.5. The number of amides is 1. The van der Waals surface area contributed by atoms with Crippen LogP contribution in [0.4, 0.5) is 5.69 Å². The first-order valence-electron chi connectivity index (χ1n) is 11.3. The van der Waals surface area contributed by atoms with Crippen molar-refractivity contribution in [2.24, 2.45) is 30.2 Å². The maximum atomic E-state index is 13.0.